The van der Waals surface area contributed by atoms with Gasteiger partial charge in [0.1, 0.15) is 6.61 Å². The summed E-state index contributed by atoms with van der Waals surface area (Å²) >= 11 is 0. The molecule has 0 radical (unpaired) electrons. The number of aliphatic imine (C=N–C) groups is 1. The Balaban J connectivity index is 0.00000420. The second-order valence-corrected chi connectivity index (χ2v) is 6.97. The van der Waals surface area contributed by atoms with Gasteiger partial charge in [-0.25, -0.2) is 0 Å². The molecule has 2 N–H and O–H groups in total. The van der Waals surface area contributed by atoms with Crippen LogP contribution in [0.4, 0.5) is 0 Å². The highest BCUT2D eigenvalue weighted by molar-refractivity contribution is 14.0. The van der Waals surface area contributed by atoms with Crippen LogP contribution in [0, 0.1) is 18.3 Å². The van der Waals surface area contributed by atoms with Gasteiger partial charge >= 0.3 is 0 Å². The van der Waals surface area contributed by atoms with Gasteiger partial charge in [0.2, 0.25) is 5.91 Å². The zero-order valence-electron chi connectivity index (χ0n) is 17.5. The van der Waals surface area contributed by atoms with Crippen molar-refractivity contribution in [2.24, 2.45) is 10.9 Å². The minimum atomic E-state index is 0. The number of guanidine groups is 1. The molecule has 1 aromatic rings. The fourth-order valence-electron chi connectivity index (χ4n) is 3.08. The highest BCUT2D eigenvalue weighted by Gasteiger charge is 2.27. The Morgan fingerprint density at radius 1 is 1.41 bits per heavy atom. The lowest BCUT2D eigenvalue weighted by atomic mass is 10.2. The van der Waals surface area contributed by atoms with Crippen molar-refractivity contribution in [2.75, 3.05) is 33.9 Å². The standard InChI is InChI=1S/C21H30N4O3.HI/c1-6-11-28-19-12-16(7-8-18(19)27-5)13-23-21(22-4)24-17-9-10-25(14-17)20(26)15(2)3;/h1,7-8,12,15,17H,9-11,13-14H2,2-5H3,(H2,22,23,24);1H. The van der Waals surface area contributed by atoms with Gasteiger partial charge in [-0.15, -0.1) is 30.4 Å². The van der Waals surface area contributed by atoms with Crippen LogP contribution in [0.25, 0.3) is 0 Å². The third kappa shape index (κ3) is 7.31. The van der Waals surface area contributed by atoms with Crippen LogP contribution in [0.1, 0.15) is 25.8 Å². The molecule has 1 aromatic carbocycles. The SMILES string of the molecule is C#CCOc1cc(CNC(=NC)NC2CCN(C(=O)C(C)C)C2)ccc1OC.I. The average Bonchev–Trinajstić information content (AvgIpc) is 3.17. The predicted molar refractivity (Wildman–Crippen MR) is 126 cm³/mol. The molecule has 0 bridgehead atoms. The Morgan fingerprint density at radius 3 is 2.79 bits per heavy atom. The van der Waals surface area contributed by atoms with Gasteiger partial charge in [-0.05, 0) is 24.1 Å². The zero-order valence-corrected chi connectivity index (χ0v) is 19.9. The zero-order chi connectivity index (χ0) is 20.5. The number of nitrogens with zero attached hydrogens (tertiary/aromatic N) is 2. The van der Waals surface area contributed by atoms with E-state index in [2.05, 4.69) is 21.5 Å². The topological polar surface area (TPSA) is 75.2 Å². The molecular formula is C21H31IN4O3. The van der Waals surface area contributed by atoms with E-state index in [1.807, 2.05) is 36.9 Å². The summed E-state index contributed by atoms with van der Waals surface area (Å²) in [5, 5.41) is 6.69. The molecule has 0 aromatic heterocycles. The first-order chi connectivity index (χ1) is 13.5. The molecule has 8 heteroatoms. The number of benzene rings is 1. The lowest BCUT2D eigenvalue weighted by Crippen LogP contribution is -2.45. The maximum Gasteiger partial charge on any atom is 0.225 e. The Bertz CT molecular complexity index is 746. The Morgan fingerprint density at radius 2 is 2.17 bits per heavy atom. The molecule has 1 heterocycles. The molecule has 2 rings (SSSR count). The third-order valence-corrected chi connectivity index (χ3v) is 4.56. The molecule has 0 saturated carbocycles. The van der Waals surface area contributed by atoms with E-state index in [1.54, 1.807) is 14.2 Å². The number of likely N-dealkylation sites (tertiary alicyclic amines) is 1. The summed E-state index contributed by atoms with van der Waals surface area (Å²) in [6.45, 7) is 6.09. The van der Waals surface area contributed by atoms with Crippen LogP contribution in [0.2, 0.25) is 0 Å². The van der Waals surface area contributed by atoms with E-state index >= 15 is 0 Å². The summed E-state index contributed by atoms with van der Waals surface area (Å²) in [6.07, 6.45) is 6.18. The molecule has 1 saturated heterocycles. The number of hydrogen-bond acceptors (Lipinski definition) is 4. The summed E-state index contributed by atoms with van der Waals surface area (Å²) in [6, 6.07) is 5.90. The summed E-state index contributed by atoms with van der Waals surface area (Å²) in [7, 11) is 3.33. The number of carbonyl (C=O) groups is 1. The predicted octanol–water partition coefficient (Wildman–Crippen LogP) is 2.25. The Kier molecular flexibility index (Phi) is 10.7. The van der Waals surface area contributed by atoms with Gasteiger partial charge < -0.3 is 25.0 Å². The first-order valence-electron chi connectivity index (χ1n) is 9.47. The minimum absolute atomic E-state index is 0. The van der Waals surface area contributed by atoms with Crippen LogP contribution < -0.4 is 20.1 Å². The quantitative estimate of drug-likeness (QED) is 0.253. The molecule has 0 aliphatic carbocycles. The fourth-order valence-corrected chi connectivity index (χ4v) is 3.08. The Hall–Kier alpha value is -2.15. The third-order valence-electron chi connectivity index (χ3n) is 4.56. The number of carbonyl (C=O) groups excluding carboxylic acids is 1. The molecule has 1 aliphatic heterocycles. The summed E-state index contributed by atoms with van der Waals surface area (Å²) in [5.41, 5.74) is 1.01. The highest BCUT2D eigenvalue weighted by atomic mass is 127. The van der Waals surface area contributed by atoms with Gasteiger partial charge in [0.05, 0.1) is 7.11 Å². The van der Waals surface area contributed by atoms with E-state index in [-0.39, 0.29) is 48.5 Å². The number of rotatable bonds is 7. The molecule has 1 fully saturated rings. The largest absolute Gasteiger partial charge is 0.493 e. The number of hydrogen-bond donors (Lipinski definition) is 2. The number of amides is 1. The van der Waals surface area contributed by atoms with Crippen LogP contribution >= 0.6 is 24.0 Å². The smallest absolute Gasteiger partial charge is 0.225 e. The lowest BCUT2D eigenvalue weighted by molar-refractivity contribution is -0.133. The van der Waals surface area contributed by atoms with Crippen molar-refractivity contribution in [1.82, 2.24) is 15.5 Å². The van der Waals surface area contributed by atoms with Gasteiger partial charge in [0.15, 0.2) is 17.5 Å². The maximum absolute atomic E-state index is 12.1. The Labute approximate surface area is 190 Å². The molecule has 160 valence electrons. The van der Waals surface area contributed by atoms with Crippen molar-refractivity contribution >= 4 is 35.8 Å². The normalized spacial score (nSPS) is 16.1. The molecule has 1 atom stereocenters. The van der Waals surface area contributed by atoms with E-state index in [9.17, 15) is 4.79 Å². The molecule has 7 nitrogen and oxygen atoms in total. The minimum Gasteiger partial charge on any atom is -0.493 e. The van der Waals surface area contributed by atoms with Crippen molar-refractivity contribution in [3.63, 3.8) is 0 Å². The second-order valence-electron chi connectivity index (χ2n) is 6.97. The van der Waals surface area contributed by atoms with Crippen molar-refractivity contribution in [3.8, 4) is 23.8 Å². The van der Waals surface area contributed by atoms with E-state index in [0.717, 1.165) is 18.5 Å². The van der Waals surface area contributed by atoms with Crippen LogP contribution in [0.3, 0.4) is 0 Å². The van der Waals surface area contributed by atoms with Gasteiger partial charge in [-0.2, -0.15) is 0 Å². The maximum atomic E-state index is 12.1. The first kappa shape index (κ1) is 24.9. The number of halogens is 1. The summed E-state index contributed by atoms with van der Waals surface area (Å²) in [4.78, 5) is 18.3. The van der Waals surface area contributed by atoms with Gasteiger partial charge in [-0.1, -0.05) is 25.8 Å². The fraction of sp³-hybridized carbons (Fsp3) is 0.524. The lowest BCUT2D eigenvalue weighted by Gasteiger charge is -2.20. The second kappa shape index (κ2) is 12.4. The number of nitrogens with one attached hydrogen (secondary N) is 2. The van der Waals surface area contributed by atoms with Gasteiger partial charge in [0, 0.05) is 38.6 Å². The van der Waals surface area contributed by atoms with Crippen LogP contribution in [0.5, 0.6) is 11.5 Å². The molecule has 29 heavy (non-hydrogen) atoms. The van der Waals surface area contributed by atoms with Crippen LogP contribution in [0.15, 0.2) is 23.2 Å². The van der Waals surface area contributed by atoms with Crippen molar-refractivity contribution in [2.45, 2.75) is 32.9 Å². The first-order valence-corrected chi connectivity index (χ1v) is 9.47. The van der Waals surface area contributed by atoms with Crippen LogP contribution in [-0.4, -0.2) is 56.7 Å². The van der Waals surface area contributed by atoms with Gasteiger partial charge in [-0.3, -0.25) is 9.79 Å². The average molecular weight is 514 g/mol. The van der Waals surface area contributed by atoms with E-state index in [0.29, 0.717) is 30.5 Å². The number of terminal acetylenes is 1. The van der Waals surface area contributed by atoms with E-state index in [1.165, 1.54) is 0 Å². The molecule has 1 amide bonds. The summed E-state index contributed by atoms with van der Waals surface area (Å²) in [5.74, 6) is 4.63. The molecule has 1 unspecified atom stereocenters. The number of methoxy groups -OCH3 is 1. The number of ether oxygens (including phenoxy) is 2. The van der Waals surface area contributed by atoms with Gasteiger partial charge in [0.25, 0.3) is 0 Å². The van der Waals surface area contributed by atoms with Crippen molar-refractivity contribution in [1.29, 1.82) is 0 Å². The highest BCUT2D eigenvalue weighted by Crippen LogP contribution is 2.28. The van der Waals surface area contributed by atoms with E-state index < -0.39 is 0 Å². The van der Waals surface area contributed by atoms with E-state index in [4.69, 9.17) is 15.9 Å². The van der Waals surface area contributed by atoms with Crippen LogP contribution in [-0.2, 0) is 11.3 Å². The monoisotopic (exact) mass is 514 g/mol. The van der Waals surface area contributed by atoms with Crippen molar-refractivity contribution in [3.05, 3.63) is 23.8 Å². The molecule has 1 aliphatic rings. The molecular weight excluding hydrogens is 483 g/mol. The molecule has 0 spiro atoms. The van der Waals surface area contributed by atoms with Crippen molar-refractivity contribution < 1.29 is 14.3 Å². The summed E-state index contributed by atoms with van der Waals surface area (Å²) < 4.78 is 10.8.